The molecule has 0 spiro atoms. The number of ether oxygens (including phenoxy) is 2. The smallest absolute Gasteiger partial charge is 0.183 e. The summed E-state index contributed by atoms with van der Waals surface area (Å²) in [6, 6.07) is 0. The molecule has 3 atom stereocenters. The van der Waals surface area contributed by atoms with Crippen molar-refractivity contribution < 1.29 is 19.7 Å². The molecule has 4 nitrogen and oxygen atoms in total. The molecule has 2 N–H and O–H groups in total. The Morgan fingerprint density at radius 2 is 1.41 bits per heavy atom. The molecule has 0 saturated heterocycles. The Bertz CT molecular complexity index is 163. The van der Waals surface area contributed by atoms with Gasteiger partial charge in [-0.25, -0.2) is 0 Å². The second-order valence-electron chi connectivity index (χ2n) is 4.28. The average Bonchev–Trinajstić information content (AvgIpc) is 2.34. The molecule has 0 rings (SSSR count). The first kappa shape index (κ1) is 16.8. The van der Waals surface area contributed by atoms with Crippen molar-refractivity contribution in [3.8, 4) is 0 Å². The normalized spacial score (nSPS) is 16.8. The fraction of sp³-hybridized carbons (Fsp3) is 1.00. The summed E-state index contributed by atoms with van der Waals surface area (Å²) in [6.45, 7) is 7.04. The predicted octanol–water partition coefficient (Wildman–Crippen LogP) is 2.08. The lowest BCUT2D eigenvalue weighted by Gasteiger charge is -2.27. The lowest BCUT2D eigenvalue weighted by molar-refractivity contribution is -0.206. The monoisotopic (exact) mass is 248 g/mol. The van der Waals surface area contributed by atoms with E-state index in [4.69, 9.17) is 9.47 Å². The van der Waals surface area contributed by atoms with E-state index in [0.717, 1.165) is 25.7 Å². The van der Waals surface area contributed by atoms with Crippen LogP contribution in [0.1, 0.15) is 52.9 Å². The molecule has 0 aromatic heterocycles. The molecule has 0 heterocycles. The van der Waals surface area contributed by atoms with Crippen molar-refractivity contribution in [1.82, 2.24) is 0 Å². The van der Waals surface area contributed by atoms with E-state index in [1.54, 1.807) is 0 Å². The van der Waals surface area contributed by atoms with E-state index < -0.39 is 18.5 Å². The Kier molecular flexibility index (Phi) is 10.9. The van der Waals surface area contributed by atoms with E-state index in [9.17, 15) is 10.2 Å². The summed E-state index contributed by atoms with van der Waals surface area (Å²) in [5.74, 6) is 0. The summed E-state index contributed by atoms with van der Waals surface area (Å²) < 4.78 is 10.8. The molecule has 3 unspecified atom stereocenters. The van der Waals surface area contributed by atoms with Crippen LogP contribution in [0.25, 0.3) is 0 Å². The van der Waals surface area contributed by atoms with Gasteiger partial charge >= 0.3 is 0 Å². The van der Waals surface area contributed by atoms with Crippen LogP contribution in [0.3, 0.4) is 0 Å². The molecule has 104 valence electrons. The summed E-state index contributed by atoms with van der Waals surface area (Å²) in [6.07, 6.45) is 2.08. The van der Waals surface area contributed by atoms with Crippen molar-refractivity contribution in [2.45, 2.75) is 71.4 Å². The Labute approximate surface area is 105 Å². The van der Waals surface area contributed by atoms with Crippen molar-refractivity contribution in [3.05, 3.63) is 0 Å². The van der Waals surface area contributed by atoms with Crippen LogP contribution in [0.5, 0.6) is 0 Å². The van der Waals surface area contributed by atoms with Gasteiger partial charge in [0, 0.05) is 13.2 Å². The van der Waals surface area contributed by atoms with Gasteiger partial charge in [0.1, 0.15) is 6.10 Å². The molecule has 4 heteroatoms. The van der Waals surface area contributed by atoms with Crippen molar-refractivity contribution in [2.75, 3.05) is 13.2 Å². The maximum absolute atomic E-state index is 9.83. The second-order valence-corrected chi connectivity index (χ2v) is 4.28. The van der Waals surface area contributed by atoms with Crippen molar-refractivity contribution >= 4 is 0 Å². The number of hydrogen-bond donors (Lipinski definition) is 2. The second kappa shape index (κ2) is 11.0. The molecular formula is C13H28O4. The van der Waals surface area contributed by atoms with Crippen LogP contribution in [-0.4, -0.2) is 41.9 Å². The molecule has 0 aliphatic rings. The molecule has 0 bridgehead atoms. The van der Waals surface area contributed by atoms with Crippen LogP contribution in [-0.2, 0) is 9.47 Å². The number of aliphatic hydroxyl groups excluding tert-OH is 2. The minimum Gasteiger partial charge on any atom is -0.390 e. The molecule has 0 saturated carbocycles. The van der Waals surface area contributed by atoms with Gasteiger partial charge in [-0.3, -0.25) is 0 Å². The largest absolute Gasteiger partial charge is 0.390 e. The Hall–Kier alpha value is -0.160. The minimum absolute atomic E-state index is 0.502. The van der Waals surface area contributed by atoms with Crippen molar-refractivity contribution in [3.63, 3.8) is 0 Å². The molecule has 0 aliphatic heterocycles. The molecule has 0 aliphatic carbocycles. The van der Waals surface area contributed by atoms with Crippen LogP contribution >= 0.6 is 0 Å². The zero-order chi connectivity index (χ0) is 13.1. The van der Waals surface area contributed by atoms with Gasteiger partial charge in [-0.1, -0.05) is 33.6 Å². The molecule has 0 amide bonds. The average molecular weight is 248 g/mol. The molecule has 0 aromatic carbocycles. The highest BCUT2D eigenvalue weighted by Gasteiger charge is 2.27. The highest BCUT2D eigenvalue weighted by molar-refractivity contribution is 4.70. The van der Waals surface area contributed by atoms with Gasteiger partial charge in [0.25, 0.3) is 0 Å². The molecule has 0 fully saturated rings. The van der Waals surface area contributed by atoms with Crippen LogP contribution in [0.15, 0.2) is 0 Å². The Morgan fingerprint density at radius 3 is 1.88 bits per heavy atom. The standard InChI is InChI=1S/C13H28O4/c1-4-7-9-16-12(11(14)6-3)13(15)17-10-8-5-2/h11-15H,4-10H2,1-3H3. The minimum atomic E-state index is -1.03. The highest BCUT2D eigenvalue weighted by Crippen LogP contribution is 2.11. The van der Waals surface area contributed by atoms with Crippen molar-refractivity contribution in [1.29, 1.82) is 0 Å². The van der Waals surface area contributed by atoms with Crippen LogP contribution in [0, 0.1) is 0 Å². The number of unbranched alkanes of at least 4 members (excludes halogenated alkanes) is 2. The Morgan fingerprint density at radius 1 is 0.882 bits per heavy atom. The van der Waals surface area contributed by atoms with E-state index in [2.05, 4.69) is 13.8 Å². The third-order valence-corrected chi connectivity index (χ3v) is 2.67. The molecule has 0 radical (unpaired) electrons. The lowest BCUT2D eigenvalue weighted by Crippen LogP contribution is -2.41. The maximum atomic E-state index is 9.83. The fourth-order valence-corrected chi connectivity index (χ4v) is 1.42. The van der Waals surface area contributed by atoms with Crippen LogP contribution in [0.4, 0.5) is 0 Å². The molecular weight excluding hydrogens is 220 g/mol. The third-order valence-electron chi connectivity index (χ3n) is 2.67. The van der Waals surface area contributed by atoms with Gasteiger partial charge in [-0.05, 0) is 19.3 Å². The first-order chi connectivity index (χ1) is 8.17. The highest BCUT2D eigenvalue weighted by atomic mass is 16.6. The van der Waals surface area contributed by atoms with E-state index in [-0.39, 0.29) is 0 Å². The van der Waals surface area contributed by atoms with E-state index in [1.165, 1.54) is 0 Å². The SMILES string of the molecule is CCCCOC(O)C(OCCCC)C(O)CC. The summed E-state index contributed by atoms with van der Waals surface area (Å²) in [5, 5.41) is 19.6. The van der Waals surface area contributed by atoms with Crippen LogP contribution in [0.2, 0.25) is 0 Å². The van der Waals surface area contributed by atoms with E-state index in [0.29, 0.717) is 19.6 Å². The maximum Gasteiger partial charge on any atom is 0.183 e. The summed E-state index contributed by atoms with van der Waals surface area (Å²) in [4.78, 5) is 0. The topological polar surface area (TPSA) is 58.9 Å². The van der Waals surface area contributed by atoms with Gasteiger partial charge < -0.3 is 19.7 Å². The van der Waals surface area contributed by atoms with Gasteiger partial charge in [0.05, 0.1) is 6.10 Å². The van der Waals surface area contributed by atoms with Crippen LogP contribution < -0.4 is 0 Å². The predicted molar refractivity (Wildman–Crippen MR) is 67.8 cm³/mol. The van der Waals surface area contributed by atoms with Gasteiger partial charge in [-0.2, -0.15) is 0 Å². The summed E-state index contributed by atoms with van der Waals surface area (Å²) in [5.41, 5.74) is 0. The summed E-state index contributed by atoms with van der Waals surface area (Å²) >= 11 is 0. The summed E-state index contributed by atoms with van der Waals surface area (Å²) in [7, 11) is 0. The van der Waals surface area contributed by atoms with Crippen molar-refractivity contribution in [2.24, 2.45) is 0 Å². The Balaban J connectivity index is 4.05. The zero-order valence-corrected chi connectivity index (χ0v) is 11.4. The first-order valence-corrected chi connectivity index (χ1v) is 6.76. The molecule has 17 heavy (non-hydrogen) atoms. The number of rotatable bonds is 11. The first-order valence-electron chi connectivity index (χ1n) is 6.76. The number of aliphatic hydroxyl groups is 2. The van der Waals surface area contributed by atoms with Gasteiger partial charge in [0.2, 0.25) is 0 Å². The number of hydrogen-bond acceptors (Lipinski definition) is 4. The molecule has 0 aromatic rings. The van der Waals surface area contributed by atoms with Gasteiger partial charge in [-0.15, -0.1) is 0 Å². The lowest BCUT2D eigenvalue weighted by atomic mass is 10.1. The zero-order valence-electron chi connectivity index (χ0n) is 11.4. The van der Waals surface area contributed by atoms with E-state index in [1.807, 2.05) is 6.92 Å². The quantitative estimate of drug-likeness (QED) is 0.434. The van der Waals surface area contributed by atoms with E-state index >= 15 is 0 Å². The third kappa shape index (κ3) is 7.71. The van der Waals surface area contributed by atoms with Gasteiger partial charge in [0.15, 0.2) is 6.29 Å². The fourth-order valence-electron chi connectivity index (χ4n) is 1.42.